The van der Waals surface area contributed by atoms with E-state index in [1.165, 1.54) is 5.56 Å². The van der Waals surface area contributed by atoms with E-state index < -0.39 is 0 Å². The second kappa shape index (κ2) is 7.95. The molecule has 2 N–H and O–H groups in total. The van der Waals surface area contributed by atoms with Gasteiger partial charge >= 0.3 is 0 Å². The lowest BCUT2D eigenvalue weighted by atomic mass is 9.72. The Morgan fingerprint density at radius 1 is 1.19 bits per heavy atom. The lowest BCUT2D eigenvalue weighted by Gasteiger charge is -2.48. The molecule has 0 unspecified atom stereocenters. The standard InChI is InChI=1S/C21H27ClN2O2/c1-2-3-13-24(18-9-12-23-20(26)19(18)22)14-10-21(16-25,11-15-24)17-7-5-4-6-8-17/h4-9,12,25H,2-3,10-11,13-16H2,1H3/p+1. The van der Waals surface area contributed by atoms with Crippen LogP contribution in [0, 0.1) is 0 Å². The highest BCUT2D eigenvalue weighted by Gasteiger charge is 2.45. The van der Waals surface area contributed by atoms with E-state index in [1.807, 2.05) is 24.3 Å². The molecule has 1 saturated heterocycles. The van der Waals surface area contributed by atoms with Crippen molar-refractivity contribution in [2.45, 2.75) is 38.0 Å². The SMILES string of the molecule is CCCC[N+]1(c2cc[nH]c(=O)c2Cl)CCC(CO)(c2ccccc2)CC1. The molecule has 2 aromatic rings. The van der Waals surface area contributed by atoms with E-state index >= 15 is 0 Å². The molecule has 0 bridgehead atoms. The second-order valence-electron chi connectivity index (χ2n) is 7.48. The summed E-state index contributed by atoms with van der Waals surface area (Å²) in [6.07, 6.45) is 5.63. The minimum absolute atomic E-state index is 0.147. The average Bonchev–Trinajstić information content (AvgIpc) is 2.70. The first-order chi connectivity index (χ1) is 12.6. The average molecular weight is 376 g/mol. The Morgan fingerprint density at radius 2 is 1.88 bits per heavy atom. The van der Waals surface area contributed by atoms with E-state index in [4.69, 9.17) is 11.6 Å². The van der Waals surface area contributed by atoms with E-state index in [0.29, 0.717) is 5.02 Å². The van der Waals surface area contributed by atoms with E-state index in [0.717, 1.165) is 55.5 Å². The second-order valence-corrected chi connectivity index (χ2v) is 7.86. The Hall–Kier alpha value is -1.62. The number of aliphatic hydroxyl groups is 1. The van der Waals surface area contributed by atoms with Gasteiger partial charge < -0.3 is 10.1 Å². The number of quaternary nitrogens is 1. The molecule has 4 nitrogen and oxygen atoms in total. The highest BCUT2D eigenvalue weighted by Crippen LogP contribution is 2.41. The molecule has 0 aliphatic carbocycles. The molecule has 1 aromatic heterocycles. The quantitative estimate of drug-likeness (QED) is 0.753. The van der Waals surface area contributed by atoms with Crippen molar-refractivity contribution in [1.29, 1.82) is 0 Å². The van der Waals surface area contributed by atoms with Crippen LogP contribution in [-0.2, 0) is 5.41 Å². The summed E-state index contributed by atoms with van der Waals surface area (Å²) >= 11 is 6.41. The number of hydrogen-bond donors (Lipinski definition) is 2. The summed E-state index contributed by atoms with van der Waals surface area (Å²) < 4.78 is 0.727. The van der Waals surface area contributed by atoms with Crippen LogP contribution in [0.3, 0.4) is 0 Å². The van der Waals surface area contributed by atoms with Gasteiger partial charge in [-0.2, -0.15) is 0 Å². The Balaban J connectivity index is 1.95. The molecular formula is C21H28ClN2O2+. The molecule has 1 aliphatic heterocycles. The first kappa shape index (κ1) is 19.2. The molecule has 0 saturated carbocycles. The fourth-order valence-corrected chi connectivity index (χ4v) is 4.58. The van der Waals surface area contributed by atoms with Crippen LogP contribution in [0.2, 0.25) is 5.02 Å². The zero-order chi connectivity index (χ0) is 18.6. The monoisotopic (exact) mass is 375 g/mol. The van der Waals surface area contributed by atoms with Crippen molar-refractivity contribution < 1.29 is 5.11 Å². The van der Waals surface area contributed by atoms with Crippen LogP contribution in [0.25, 0.3) is 0 Å². The number of likely N-dealkylation sites (tertiary alicyclic amines) is 1. The Morgan fingerprint density at radius 3 is 2.50 bits per heavy atom. The summed E-state index contributed by atoms with van der Waals surface area (Å²) in [6.45, 7) is 5.04. The lowest BCUT2D eigenvalue weighted by molar-refractivity contribution is 0.102. The number of unbranched alkanes of at least 4 members (excludes halogenated alkanes) is 1. The predicted molar refractivity (Wildman–Crippen MR) is 108 cm³/mol. The van der Waals surface area contributed by atoms with Crippen LogP contribution in [0.4, 0.5) is 5.69 Å². The number of H-pyrrole nitrogens is 1. The van der Waals surface area contributed by atoms with Crippen molar-refractivity contribution in [2.75, 3.05) is 26.2 Å². The van der Waals surface area contributed by atoms with Crippen LogP contribution in [0.1, 0.15) is 38.2 Å². The fraction of sp³-hybridized carbons (Fsp3) is 0.476. The highest BCUT2D eigenvalue weighted by atomic mass is 35.5. The number of piperidine rings is 1. The summed E-state index contributed by atoms with van der Waals surface area (Å²) in [5, 5.41) is 10.5. The fourth-order valence-electron chi connectivity index (χ4n) is 4.28. The third kappa shape index (κ3) is 3.46. The number of hydrogen-bond acceptors (Lipinski definition) is 2. The van der Waals surface area contributed by atoms with Gasteiger partial charge in [0.15, 0.2) is 10.7 Å². The normalized spacial score (nSPS) is 26.0. The summed E-state index contributed by atoms with van der Waals surface area (Å²) in [6, 6.07) is 12.3. The van der Waals surface area contributed by atoms with Crippen LogP contribution >= 0.6 is 11.6 Å². The van der Waals surface area contributed by atoms with Crippen LogP contribution in [-0.4, -0.2) is 36.3 Å². The van der Waals surface area contributed by atoms with Crippen molar-refractivity contribution in [2.24, 2.45) is 0 Å². The maximum Gasteiger partial charge on any atom is 0.272 e. The summed E-state index contributed by atoms with van der Waals surface area (Å²) in [7, 11) is 0. The van der Waals surface area contributed by atoms with Crippen molar-refractivity contribution in [3.63, 3.8) is 0 Å². The van der Waals surface area contributed by atoms with Crippen LogP contribution < -0.4 is 10.0 Å². The molecule has 1 fully saturated rings. The maximum atomic E-state index is 12.1. The molecule has 1 aliphatic rings. The molecule has 140 valence electrons. The van der Waals surface area contributed by atoms with E-state index in [1.54, 1.807) is 6.20 Å². The molecule has 5 heteroatoms. The van der Waals surface area contributed by atoms with E-state index in [-0.39, 0.29) is 17.6 Å². The van der Waals surface area contributed by atoms with Gasteiger partial charge in [0.25, 0.3) is 5.56 Å². The third-order valence-electron chi connectivity index (χ3n) is 6.06. The molecule has 0 spiro atoms. The van der Waals surface area contributed by atoms with Gasteiger partial charge in [0.05, 0.1) is 26.2 Å². The summed E-state index contributed by atoms with van der Waals surface area (Å²) in [5.74, 6) is 0. The van der Waals surface area contributed by atoms with Crippen LogP contribution in [0.5, 0.6) is 0 Å². The summed E-state index contributed by atoms with van der Waals surface area (Å²) in [5.41, 5.74) is 1.69. The largest absolute Gasteiger partial charge is 0.395 e. The Bertz CT molecular complexity index is 780. The predicted octanol–water partition coefficient (Wildman–Crippen LogP) is 3.86. The minimum Gasteiger partial charge on any atom is -0.395 e. The molecule has 3 rings (SSSR count). The van der Waals surface area contributed by atoms with Gasteiger partial charge in [-0.05, 0) is 12.0 Å². The molecule has 26 heavy (non-hydrogen) atoms. The zero-order valence-electron chi connectivity index (χ0n) is 15.4. The van der Waals surface area contributed by atoms with Gasteiger partial charge in [-0.15, -0.1) is 0 Å². The van der Waals surface area contributed by atoms with Gasteiger partial charge in [-0.1, -0.05) is 55.3 Å². The number of pyridine rings is 1. The number of nitrogens with zero attached hydrogens (tertiary/aromatic N) is 1. The van der Waals surface area contributed by atoms with Crippen LogP contribution in [0.15, 0.2) is 47.4 Å². The van der Waals surface area contributed by atoms with Gasteiger partial charge in [0, 0.05) is 30.5 Å². The number of aromatic nitrogens is 1. The third-order valence-corrected chi connectivity index (χ3v) is 6.42. The number of rotatable bonds is 6. The molecule has 0 amide bonds. The molecule has 0 radical (unpaired) electrons. The van der Waals surface area contributed by atoms with Crippen molar-refractivity contribution in [1.82, 2.24) is 9.47 Å². The van der Waals surface area contributed by atoms with Crippen molar-refractivity contribution in [3.05, 3.63) is 63.5 Å². The van der Waals surface area contributed by atoms with Gasteiger partial charge in [0.1, 0.15) is 0 Å². The zero-order valence-corrected chi connectivity index (χ0v) is 16.1. The summed E-state index contributed by atoms with van der Waals surface area (Å²) in [4.78, 5) is 14.7. The van der Waals surface area contributed by atoms with Gasteiger partial charge in [0.2, 0.25) is 0 Å². The number of aromatic amines is 1. The lowest BCUT2D eigenvalue weighted by Crippen LogP contribution is -2.59. The number of nitrogens with one attached hydrogen (secondary N) is 1. The van der Waals surface area contributed by atoms with E-state index in [2.05, 4.69) is 24.0 Å². The Kier molecular flexibility index (Phi) is 5.86. The topological polar surface area (TPSA) is 53.1 Å². The number of benzene rings is 1. The highest BCUT2D eigenvalue weighted by molar-refractivity contribution is 6.32. The first-order valence-electron chi connectivity index (χ1n) is 9.47. The van der Waals surface area contributed by atoms with E-state index in [9.17, 15) is 9.90 Å². The molecule has 2 heterocycles. The molecule has 0 atom stereocenters. The van der Waals surface area contributed by atoms with Crippen molar-refractivity contribution >= 4 is 17.3 Å². The smallest absolute Gasteiger partial charge is 0.272 e. The van der Waals surface area contributed by atoms with Crippen molar-refractivity contribution in [3.8, 4) is 0 Å². The first-order valence-corrected chi connectivity index (χ1v) is 9.85. The maximum absolute atomic E-state index is 12.1. The number of halogens is 1. The van der Waals surface area contributed by atoms with Gasteiger partial charge in [-0.25, -0.2) is 0 Å². The van der Waals surface area contributed by atoms with Gasteiger partial charge in [-0.3, -0.25) is 9.28 Å². The minimum atomic E-state index is -0.222. The molecule has 1 aromatic carbocycles. The number of aliphatic hydroxyl groups excluding tert-OH is 1. The Labute approximate surface area is 160 Å². The molecular weight excluding hydrogens is 348 g/mol.